The van der Waals surface area contributed by atoms with Crippen molar-refractivity contribution in [2.45, 2.75) is 26.0 Å². The molecule has 154 valence electrons. The Hall–Kier alpha value is -2.87. The normalized spacial score (nSPS) is 13.6. The monoisotopic (exact) mass is 391 g/mol. The van der Waals surface area contributed by atoms with Crippen molar-refractivity contribution >= 4 is 5.96 Å². The van der Waals surface area contributed by atoms with Crippen LogP contribution in [-0.2, 0) is 12.1 Å². The van der Waals surface area contributed by atoms with E-state index in [0.29, 0.717) is 42.1 Å². The third-order valence-corrected chi connectivity index (χ3v) is 4.19. The van der Waals surface area contributed by atoms with Crippen LogP contribution < -0.4 is 24.8 Å². The lowest BCUT2D eigenvalue weighted by Crippen LogP contribution is -2.44. The van der Waals surface area contributed by atoms with Crippen LogP contribution in [0.2, 0.25) is 0 Å². The molecule has 0 saturated heterocycles. The molecule has 1 atom stereocenters. The van der Waals surface area contributed by atoms with Gasteiger partial charge in [-0.15, -0.1) is 0 Å². The first-order chi connectivity index (χ1) is 13.4. The highest BCUT2D eigenvalue weighted by molar-refractivity contribution is 5.79. The molecule has 0 spiro atoms. The highest BCUT2D eigenvalue weighted by Crippen LogP contribution is 2.34. The summed E-state index contributed by atoms with van der Waals surface area (Å²) >= 11 is 0. The smallest absolute Gasteiger partial charge is 0.191 e. The Balaban J connectivity index is 2.16. The molecule has 1 unspecified atom stereocenters. The number of nitrogens with one attached hydrogen (secondary N) is 2. The number of benzene rings is 1. The van der Waals surface area contributed by atoms with E-state index in [4.69, 9.17) is 18.6 Å². The van der Waals surface area contributed by atoms with Crippen molar-refractivity contribution in [3.63, 3.8) is 0 Å². The van der Waals surface area contributed by atoms with Crippen LogP contribution in [0.1, 0.15) is 25.2 Å². The molecular weight excluding hydrogens is 362 g/mol. The fourth-order valence-corrected chi connectivity index (χ4v) is 2.65. The van der Waals surface area contributed by atoms with Gasteiger partial charge >= 0.3 is 0 Å². The summed E-state index contributed by atoms with van der Waals surface area (Å²) < 4.78 is 21.4. The number of methoxy groups -OCH3 is 3. The lowest BCUT2D eigenvalue weighted by atomic mass is 10.0. The second-order valence-corrected chi connectivity index (χ2v) is 6.32. The number of hydrogen-bond acceptors (Lipinski definition) is 6. The van der Waals surface area contributed by atoms with Crippen LogP contribution in [0.15, 0.2) is 39.9 Å². The Bertz CT molecular complexity index is 772. The summed E-state index contributed by atoms with van der Waals surface area (Å²) in [5.74, 6) is 2.89. The van der Waals surface area contributed by atoms with E-state index >= 15 is 0 Å². The Morgan fingerprint density at radius 2 is 1.79 bits per heavy atom. The fourth-order valence-electron chi connectivity index (χ4n) is 2.65. The molecule has 28 heavy (non-hydrogen) atoms. The molecular formula is C20H29N3O5. The van der Waals surface area contributed by atoms with Crippen LogP contribution in [-0.4, -0.2) is 45.5 Å². The van der Waals surface area contributed by atoms with E-state index in [9.17, 15) is 5.11 Å². The maximum absolute atomic E-state index is 10.6. The van der Waals surface area contributed by atoms with Crippen LogP contribution in [0.3, 0.4) is 0 Å². The molecule has 0 amide bonds. The van der Waals surface area contributed by atoms with Gasteiger partial charge in [0.15, 0.2) is 17.5 Å². The molecule has 0 aliphatic carbocycles. The van der Waals surface area contributed by atoms with Crippen LogP contribution in [0.4, 0.5) is 0 Å². The zero-order valence-corrected chi connectivity index (χ0v) is 17.0. The molecule has 2 rings (SSSR count). The zero-order valence-electron chi connectivity index (χ0n) is 17.0. The third-order valence-electron chi connectivity index (χ3n) is 4.19. The van der Waals surface area contributed by atoms with Gasteiger partial charge in [0.25, 0.3) is 0 Å². The summed E-state index contributed by atoms with van der Waals surface area (Å²) in [7, 11) is 4.76. The lowest BCUT2D eigenvalue weighted by molar-refractivity contribution is 0.0386. The number of rotatable bonds is 9. The second kappa shape index (κ2) is 9.89. The third kappa shape index (κ3) is 5.32. The highest BCUT2D eigenvalue weighted by atomic mass is 16.5. The lowest BCUT2D eigenvalue weighted by Gasteiger charge is -2.22. The number of aliphatic hydroxyl groups is 1. The summed E-state index contributed by atoms with van der Waals surface area (Å²) in [6, 6.07) is 7.09. The first-order valence-electron chi connectivity index (χ1n) is 9.02. The topological polar surface area (TPSA) is 97.5 Å². The zero-order chi connectivity index (χ0) is 20.6. The van der Waals surface area contributed by atoms with Gasteiger partial charge < -0.3 is 34.4 Å². The van der Waals surface area contributed by atoms with E-state index in [1.165, 1.54) is 6.26 Å². The molecule has 1 aromatic heterocycles. The fraction of sp³-hybridized carbons (Fsp3) is 0.450. The predicted octanol–water partition coefficient (Wildman–Crippen LogP) is 2.27. The minimum Gasteiger partial charge on any atom is -0.496 e. The van der Waals surface area contributed by atoms with E-state index in [1.807, 2.05) is 13.0 Å². The van der Waals surface area contributed by atoms with Crippen LogP contribution in [0.25, 0.3) is 0 Å². The van der Waals surface area contributed by atoms with E-state index < -0.39 is 5.60 Å². The van der Waals surface area contributed by atoms with E-state index in [0.717, 1.165) is 5.56 Å². The van der Waals surface area contributed by atoms with Crippen LogP contribution >= 0.6 is 0 Å². The van der Waals surface area contributed by atoms with E-state index in [1.54, 1.807) is 46.5 Å². The minimum atomic E-state index is -1.17. The summed E-state index contributed by atoms with van der Waals surface area (Å²) in [6.45, 7) is 4.91. The van der Waals surface area contributed by atoms with Gasteiger partial charge in [-0.3, -0.25) is 0 Å². The summed E-state index contributed by atoms with van der Waals surface area (Å²) in [6.07, 6.45) is 1.53. The van der Waals surface area contributed by atoms with Crippen molar-refractivity contribution in [3.05, 3.63) is 41.9 Å². The van der Waals surface area contributed by atoms with Gasteiger partial charge in [-0.2, -0.15) is 0 Å². The standard InChI is InChI=1S/C20H29N3O5/c1-6-21-19(23-13-20(2,24)18-8-7-9-28-18)22-12-14-10-16(26-4)17(27-5)11-15(14)25-3/h7-11,24H,6,12-13H2,1-5H3,(H2,21,22,23). The number of aliphatic imine (C=N–C) groups is 1. The minimum absolute atomic E-state index is 0.232. The molecule has 1 aromatic carbocycles. The van der Waals surface area contributed by atoms with Gasteiger partial charge in [-0.05, 0) is 32.0 Å². The number of guanidine groups is 1. The van der Waals surface area contributed by atoms with Crippen molar-refractivity contribution < 1.29 is 23.7 Å². The first kappa shape index (κ1) is 21.4. The molecule has 1 heterocycles. The molecule has 8 heteroatoms. The average molecular weight is 391 g/mol. The molecule has 3 N–H and O–H groups in total. The molecule has 8 nitrogen and oxygen atoms in total. The number of ether oxygens (including phenoxy) is 3. The van der Waals surface area contributed by atoms with Crippen molar-refractivity contribution in [3.8, 4) is 17.2 Å². The number of furan rings is 1. The average Bonchev–Trinajstić information content (AvgIpc) is 3.25. The number of nitrogens with zero attached hydrogens (tertiary/aromatic N) is 1. The summed E-state index contributed by atoms with van der Waals surface area (Å²) in [5, 5.41) is 16.9. The summed E-state index contributed by atoms with van der Waals surface area (Å²) in [5.41, 5.74) is -0.323. The molecule has 0 radical (unpaired) electrons. The predicted molar refractivity (Wildman–Crippen MR) is 107 cm³/mol. The molecule has 0 saturated carbocycles. The quantitative estimate of drug-likeness (QED) is 0.446. The number of hydrogen-bond donors (Lipinski definition) is 3. The molecule has 0 aliphatic rings. The Labute approximate surface area is 165 Å². The van der Waals surface area contributed by atoms with Gasteiger partial charge in [-0.1, -0.05) is 0 Å². The van der Waals surface area contributed by atoms with Gasteiger partial charge in [-0.25, -0.2) is 4.99 Å². The Morgan fingerprint density at radius 1 is 1.11 bits per heavy atom. The maximum Gasteiger partial charge on any atom is 0.191 e. The second-order valence-electron chi connectivity index (χ2n) is 6.32. The van der Waals surface area contributed by atoms with E-state index in [2.05, 4.69) is 15.6 Å². The van der Waals surface area contributed by atoms with Crippen molar-refractivity contribution in [2.75, 3.05) is 34.4 Å². The van der Waals surface area contributed by atoms with Crippen molar-refractivity contribution in [1.29, 1.82) is 0 Å². The van der Waals surface area contributed by atoms with Gasteiger partial charge in [0.1, 0.15) is 17.1 Å². The molecule has 0 fully saturated rings. The molecule has 0 bridgehead atoms. The highest BCUT2D eigenvalue weighted by Gasteiger charge is 2.26. The molecule has 0 aliphatic heterocycles. The van der Waals surface area contributed by atoms with Gasteiger partial charge in [0.05, 0.1) is 40.7 Å². The maximum atomic E-state index is 10.6. The van der Waals surface area contributed by atoms with Crippen molar-refractivity contribution in [2.24, 2.45) is 4.99 Å². The Kier molecular flexibility index (Phi) is 7.57. The summed E-state index contributed by atoms with van der Waals surface area (Å²) in [4.78, 5) is 4.58. The van der Waals surface area contributed by atoms with Crippen LogP contribution in [0.5, 0.6) is 17.2 Å². The Morgan fingerprint density at radius 3 is 2.36 bits per heavy atom. The van der Waals surface area contributed by atoms with Crippen LogP contribution in [0, 0.1) is 0 Å². The SMILES string of the molecule is CCNC(=NCc1cc(OC)c(OC)cc1OC)NCC(C)(O)c1ccco1. The first-order valence-corrected chi connectivity index (χ1v) is 9.02. The largest absolute Gasteiger partial charge is 0.496 e. The van der Waals surface area contributed by atoms with Gasteiger partial charge in [0, 0.05) is 18.2 Å². The van der Waals surface area contributed by atoms with E-state index in [-0.39, 0.29) is 6.54 Å². The van der Waals surface area contributed by atoms with Gasteiger partial charge in [0.2, 0.25) is 0 Å². The van der Waals surface area contributed by atoms with Crippen molar-refractivity contribution in [1.82, 2.24) is 10.6 Å². The molecule has 2 aromatic rings.